The third-order valence-corrected chi connectivity index (χ3v) is 3.29. The van der Waals surface area contributed by atoms with Crippen molar-refractivity contribution in [1.29, 1.82) is 0 Å². The van der Waals surface area contributed by atoms with Gasteiger partial charge in [0.2, 0.25) is 5.88 Å². The zero-order valence-corrected chi connectivity index (χ0v) is 12.7. The van der Waals surface area contributed by atoms with Gasteiger partial charge >= 0.3 is 0 Å². The van der Waals surface area contributed by atoms with Crippen molar-refractivity contribution in [3.8, 4) is 5.88 Å². The average molecular weight is 279 g/mol. The van der Waals surface area contributed by atoms with E-state index >= 15 is 0 Å². The number of ether oxygens (including phenoxy) is 2. The molecule has 20 heavy (non-hydrogen) atoms. The fraction of sp³-hybridized carbons (Fsp3) is 0.733. The van der Waals surface area contributed by atoms with Crippen LogP contribution in [0.1, 0.15) is 39.3 Å². The molecule has 0 bridgehead atoms. The average Bonchev–Trinajstić information content (AvgIpc) is 2.44. The van der Waals surface area contributed by atoms with E-state index in [1.54, 1.807) is 12.4 Å². The Bertz CT molecular complexity index is 395. The van der Waals surface area contributed by atoms with E-state index in [0.717, 1.165) is 38.3 Å². The topological polar surface area (TPSA) is 56.3 Å². The molecular weight excluding hydrogens is 254 g/mol. The van der Waals surface area contributed by atoms with E-state index in [2.05, 4.69) is 36.1 Å². The highest BCUT2D eigenvalue weighted by atomic mass is 16.5. The van der Waals surface area contributed by atoms with Crippen LogP contribution in [0.5, 0.6) is 5.88 Å². The second-order valence-electron chi connectivity index (χ2n) is 6.32. The second-order valence-corrected chi connectivity index (χ2v) is 6.32. The van der Waals surface area contributed by atoms with Gasteiger partial charge in [-0.2, -0.15) is 0 Å². The molecule has 1 saturated heterocycles. The predicted molar refractivity (Wildman–Crippen MR) is 77.7 cm³/mol. The summed E-state index contributed by atoms with van der Waals surface area (Å²) >= 11 is 0. The van der Waals surface area contributed by atoms with E-state index in [1.165, 1.54) is 0 Å². The van der Waals surface area contributed by atoms with Crippen LogP contribution >= 0.6 is 0 Å². The Balaban J connectivity index is 1.76. The molecule has 1 N–H and O–H groups in total. The minimum absolute atomic E-state index is 0.0832. The highest BCUT2D eigenvalue weighted by Crippen LogP contribution is 2.16. The van der Waals surface area contributed by atoms with Crippen LogP contribution in [0.4, 0.5) is 0 Å². The lowest BCUT2D eigenvalue weighted by Gasteiger charge is -2.22. The van der Waals surface area contributed by atoms with Gasteiger partial charge in [-0.25, -0.2) is 4.98 Å². The number of nitrogens with one attached hydrogen (secondary N) is 1. The summed E-state index contributed by atoms with van der Waals surface area (Å²) < 4.78 is 11.0. The zero-order chi connectivity index (χ0) is 14.4. The molecule has 112 valence electrons. The van der Waals surface area contributed by atoms with Crippen molar-refractivity contribution in [2.24, 2.45) is 5.92 Å². The van der Waals surface area contributed by atoms with Crippen molar-refractivity contribution in [2.45, 2.75) is 45.7 Å². The van der Waals surface area contributed by atoms with Gasteiger partial charge in [0.05, 0.1) is 24.7 Å². The van der Waals surface area contributed by atoms with Crippen molar-refractivity contribution in [1.82, 2.24) is 15.3 Å². The number of rotatable bonds is 5. The summed E-state index contributed by atoms with van der Waals surface area (Å²) in [5.74, 6) is 1.18. The van der Waals surface area contributed by atoms with Gasteiger partial charge in [-0.3, -0.25) is 4.98 Å². The van der Waals surface area contributed by atoms with Gasteiger partial charge in [0.15, 0.2) is 0 Å². The molecular formula is C15H25N3O2. The van der Waals surface area contributed by atoms with Gasteiger partial charge in [-0.1, -0.05) is 0 Å². The zero-order valence-electron chi connectivity index (χ0n) is 12.7. The van der Waals surface area contributed by atoms with E-state index in [4.69, 9.17) is 9.47 Å². The maximum absolute atomic E-state index is 5.70. The molecule has 5 nitrogen and oxygen atoms in total. The van der Waals surface area contributed by atoms with Crippen molar-refractivity contribution in [3.05, 3.63) is 18.1 Å². The molecule has 0 radical (unpaired) electrons. The Labute approximate surface area is 121 Å². The third kappa shape index (κ3) is 5.43. The molecule has 1 aromatic rings. The van der Waals surface area contributed by atoms with Crippen LogP contribution in [0.25, 0.3) is 0 Å². The molecule has 0 amide bonds. The summed E-state index contributed by atoms with van der Waals surface area (Å²) in [5.41, 5.74) is 1.01. The summed E-state index contributed by atoms with van der Waals surface area (Å²) in [6.07, 6.45) is 5.62. The minimum Gasteiger partial charge on any atom is -0.476 e. The summed E-state index contributed by atoms with van der Waals surface area (Å²) in [7, 11) is 0. The summed E-state index contributed by atoms with van der Waals surface area (Å²) in [6, 6.07) is 0. The third-order valence-electron chi connectivity index (χ3n) is 3.29. The summed E-state index contributed by atoms with van der Waals surface area (Å²) in [6.45, 7) is 9.51. The molecule has 2 rings (SSSR count). The van der Waals surface area contributed by atoms with Crippen molar-refractivity contribution in [2.75, 3.05) is 19.8 Å². The lowest BCUT2D eigenvalue weighted by atomic mass is 10.0. The normalized spacial score (nSPS) is 17.1. The molecule has 0 aliphatic carbocycles. The van der Waals surface area contributed by atoms with Crippen molar-refractivity contribution >= 4 is 0 Å². The molecule has 0 saturated carbocycles. The summed E-state index contributed by atoms with van der Waals surface area (Å²) in [5, 5.41) is 3.38. The van der Waals surface area contributed by atoms with E-state index in [1.807, 2.05) is 0 Å². The van der Waals surface area contributed by atoms with Crippen LogP contribution < -0.4 is 10.1 Å². The first-order chi connectivity index (χ1) is 9.53. The van der Waals surface area contributed by atoms with Gasteiger partial charge in [-0.15, -0.1) is 0 Å². The van der Waals surface area contributed by atoms with Gasteiger partial charge in [-0.05, 0) is 39.5 Å². The van der Waals surface area contributed by atoms with Gasteiger partial charge in [0.1, 0.15) is 0 Å². The number of hydrogen-bond donors (Lipinski definition) is 1. The molecule has 0 spiro atoms. The second kappa shape index (κ2) is 6.99. The maximum atomic E-state index is 5.70. The molecule has 1 aromatic heterocycles. The Morgan fingerprint density at radius 2 is 2.00 bits per heavy atom. The van der Waals surface area contributed by atoms with E-state index in [0.29, 0.717) is 18.4 Å². The van der Waals surface area contributed by atoms with E-state index in [-0.39, 0.29) is 5.54 Å². The fourth-order valence-corrected chi connectivity index (χ4v) is 1.98. The van der Waals surface area contributed by atoms with Crippen LogP contribution in [0, 0.1) is 5.92 Å². The lowest BCUT2D eigenvalue weighted by molar-refractivity contribution is 0.0489. The Kier molecular flexibility index (Phi) is 5.31. The van der Waals surface area contributed by atoms with Gasteiger partial charge in [0.25, 0.3) is 0 Å². The SMILES string of the molecule is CC(C)(C)NCc1cnc(OCC2CCOCC2)cn1. The largest absolute Gasteiger partial charge is 0.476 e. The van der Waals surface area contributed by atoms with E-state index < -0.39 is 0 Å². The number of aromatic nitrogens is 2. The van der Waals surface area contributed by atoms with Crippen LogP contribution in [-0.4, -0.2) is 35.3 Å². The Morgan fingerprint density at radius 3 is 2.60 bits per heavy atom. The molecule has 5 heteroatoms. The highest BCUT2D eigenvalue weighted by Gasteiger charge is 2.15. The minimum atomic E-state index is 0.0832. The predicted octanol–water partition coefficient (Wildman–Crippen LogP) is 2.17. The van der Waals surface area contributed by atoms with Crippen LogP contribution in [0.15, 0.2) is 12.4 Å². The fourth-order valence-electron chi connectivity index (χ4n) is 1.98. The maximum Gasteiger partial charge on any atom is 0.232 e. The first-order valence-corrected chi connectivity index (χ1v) is 7.29. The standard InChI is InChI=1S/C15H25N3O2/c1-15(2,3)18-9-13-8-17-14(10-16-13)20-11-12-4-6-19-7-5-12/h8,10,12,18H,4-7,9,11H2,1-3H3. The number of nitrogens with zero attached hydrogens (tertiary/aromatic N) is 2. The van der Waals surface area contributed by atoms with Crippen LogP contribution in [-0.2, 0) is 11.3 Å². The first kappa shape index (κ1) is 15.2. The molecule has 1 fully saturated rings. The van der Waals surface area contributed by atoms with Gasteiger partial charge < -0.3 is 14.8 Å². The molecule has 1 aliphatic rings. The Morgan fingerprint density at radius 1 is 1.25 bits per heavy atom. The molecule has 0 unspecified atom stereocenters. The van der Waals surface area contributed by atoms with Crippen molar-refractivity contribution in [3.63, 3.8) is 0 Å². The molecule has 0 atom stereocenters. The van der Waals surface area contributed by atoms with Crippen molar-refractivity contribution < 1.29 is 9.47 Å². The van der Waals surface area contributed by atoms with Crippen LogP contribution in [0.2, 0.25) is 0 Å². The smallest absolute Gasteiger partial charge is 0.232 e. The Hall–Kier alpha value is -1.20. The monoisotopic (exact) mass is 279 g/mol. The van der Waals surface area contributed by atoms with Crippen LogP contribution in [0.3, 0.4) is 0 Å². The highest BCUT2D eigenvalue weighted by molar-refractivity contribution is 5.07. The molecule has 2 heterocycles. The first-order valence-electron chi connectivity index (χ1n) is 7.29. The lowest BCUT2D eigenvalue weighted by Crippen LogP contribution is -2.35. The molecule has 0 aromatic carbocycles. The quantitative estimate of drug-likeness (QED) is 0.895. The number of hydrogen-bond acceptors (Lipinski definition) is 5. The summed E-state index contributed by atoms with van der Waals surface area (Å²) in [4.78, 5) is 8.68. The molecule has 1 aliphatic heterocycles. The van der Waals surface area contributed by atoms with E-state index in [9.17, 15) is 0 Å². The van der Waals surface area contributed by atoms with Gasteiger partial charge in [0, 0.05) is 25.3 Å².